The minimum Gasteiger partial charge on any atom is -0.396 e. The van der Waals surface area contributed by atoms with Crippen molar-refractivity contribution in [2.24, 2.45) is 15.8 Å². The van der Waals surface area contributed by atoms with Crippen LogP contribution in [-0.4, -0.2) is 49.8 Å². The van der Waals surface area contributed by atoms with Crippen LogP contribution in [0, 0.1) is 10.8 Å². The Bertz CT molecular complexity index is 385. The number of amides is 1. The summed E-state index contributed by atoms with van der Waals surface area (Å²) in [5, 5.41) is 18.7. The molecule has 24 heavy (non-hydrogen) atoms. The van der Waals surface area contributed by atoms with Crippen LogP contribution in [0.4, 0.5) is 0 Å². The fourth-order valence-corrected chi connectivity index (χ4v) is 2.35. The number of nitrogens with zero attached hydrogens (tertiary/aromatic N) is 1. The largest absolute Gasteiger partial charge is 0.396 e. The van der Waals surface area contributed by atoms with Crippen molar-refractivity contribution in [3.63, 3.8) is 0 Å². The molecular formula is C18H38N4O2. The Hall–Kier alpha value is -1.30. The number of aliphatic hydroxyl groups excluding tert-OH is 1. The van der Waals surface area contributed by atoms with Crippen LogP contribution in [-0.2, 0) is 4.79 Å². The number of carbonyl (C=O) groups is 1. The fourth-order valence-electron chi connectivity index (χ4n) is 2.35. The summed E-state index contributed by atoms with van der Waals surface area (Å²) >= 11 is 0. The number of rotatable bonds is 10. The van der Waals surface area contributed by atoms with Crippen LogP contribution in [0.15, 0.2) is 4.99 Å². The van der Waals surface area contributed by atoms with E-state index >= 15 is 0 Å². The average Bonchev–Trinajstić information content (AvgIpc) is 2.54. The number of hydrogen-bond donors (Lipinski definition) is 4. The molecule has 0 atom stereocenters. The van der Waals surface area contributed by atoms with Gasteiger partial charge in [-0.05, 0) is 31.6 Å². The van der Waals surface area contributed by atoms with E-state index in [1.54, 1.807) is 0 Å². The van der Waals surface area contributed by atoms with Crippen molar-refractivity contribution in [1.82, 2.24) is 16.0 Å². The molecule has 142 valence electrons. The summed E-state index contributed by atoms with van der Waals surface area (Å²) in [6, 6.07) is 0. The van der Waals surface area contributed by atoms with Gasteiger partial charge in [-0.15, -0.1) is 0 Å². The van der Waals surface area contributed by atoms with Crippen molar-refractivity contribution < 1.29 is 9.90 Å². The Morgan fingerprint density at radius 3 is 2.04 bits per heavy atom. The van der Waals surface area contributed by atoms with Crippen molar-refractivity contribution in [3.8, 4) is 0 Å². The maximum atomic E-state index is 11.8. The van der Waals surface area contributed by atoms with E-state index in [1.165, 1.54) is 0 Å². The van der Waals surface area contributed by atoms with E-state index in [-0.39, 0.29) is 23.3 Å². The zero-order chi connectivity index (χ0) is 18.6. The summed E-state index contributed by atoms with van der Waals surface area (Å²) < 4.78 is 0. The number of hydrogen-bond acceptors (Lipinski definition) is 3. The second kappa shape index (κ2) is 11.3. The highest BCUT2D eigenvalue weighted by molar-refractivity contribution is 5.81. The summed E-state index contributed by atoms with van der Waals surface area (Å²) in [5.74, 6) is 0.803. The van der Waals surface area contributed by atoms with E-state index in [9.17, 15) is 9.90 Å². The smallest absolute Gasteiger partial charge is 0.225 e. The van der Waals surface area contributed by atoms with Crippen molar-refractivity contribution in [3.05, 3.63) is 0 Å². The van der Waals surface area contributed by atoms with Gasteiger partial charge in [0.15, 0.2) is 5.96 Å². The molecule has 0 unspecified atom stereocenters. The number of nitrogens with one attached hydrogen (secondary N) is 3. The quantitative estimate of drug-likeness (QED) is 0.277. The lowest BCUT2D eigenvalue weighted by Gasteiger charge is -2.29. The zero-order valence-electron chi connectivity index (χ0n) is 16.5. The standard InChI is InChI=1S/C18H38N4O2/c1-7-18(8-2,10-13-23)14-22-16(19-9-3)21-12-11-20-15(24)17(4,5)6/h23H,7-14H2,1-6H3,(H,20,24)(H2,19,21,22). The normalized spacial score (nSPS) is 12.9. The van der Waals surface area contributed by atoms with Gasteiger partial charge in [0, 0.05) is 38.2 Å². The molecule has 0 bridgehead atoms. The lowest BCUT2D eigenvalue weighted by atomic mass is 9.79. The number of carbonyl (C=O) groups excluding carboxylic acids is 1. The van der Waals surface area contributed by atoms with Gasteiger partial charge in [0.25, 0.3) is 0 Å². The first kappa shape index (κ1) is 22.7. The zero-order valence-corrected chi connectivity index (χ0v) is 16.5. The third kappa shape index (κ3) is 8.52. The van der Waals surface area contributed by atoms with Crippen LogP contribution in [0.2, 0.25) is 0 Å². The van der Waals surface area contributed by atoms with Gasteiger partial charge in [-0.1, -0.05) is 34.6 Å². The second-order valence-electron chi connectivity index (χ2n) is 7.31. The van der Waals surface area contributed by atoms with E-state index in [4.69, 9.17) is 0 Å². The van der Waals surface area contributed by atoms with Gasteiger partial charge >= 0.3 is 0 Å². The lowest BCUT2D eigenvalue weighted by molar-refractivity contribution is -0.128. The maximum Gasteiger partial charge on any atom is 0.225 e. The molecule has 1 amide bonds. The predicted molar refractivity (Wildman–Crippen MR) is 101 cm³/mol. The highest BCUT2D eigenvalue weighted by Gasteiger charge is 2.25. The van der Waals surface area contributed by atoms with E-state index in [1.807, 2.05) is 27.7 Å². The molecule has 0 aromatic carbocycles. The molecule has 0 spiro atoms. The molecule has 0 aromatic heterocycles. The SMILES string of the molecule is CCNC(=NCC(CC)(CC)CCO)NCCNC(=O)C(C)(C)C. The number of aliphatic imine (C=N–C) groups is 1. The molecule has 6 nitrogen and oxygen atoms in total. The Morgan fingerprint density at radius 2 is 1.58 bits per heavy atom. The molecule has 0 aliphatic rings. The molecule has 0 fully saturated rings. The van der Waals surface area contributed by atoms with Crippen LogP contribution in [0.5, 0.6) is 0 Å². The third-order valence-electron chi connectivity index (χ3n) is 4.44. The predicted octanol–water partition coefficient (Wildman–Crippen LogP) is 1.89. The van der Waals surface area contributed by atoms with Gasteiger partial charge in [0.1, 0.15) is 0 Å². The van der Waals surface area contributed by atoms with E-state index in [2.05, 4.69) is 34.8 Å². The van der Waals surface area contributed by atoms with Crippen LogP contribution >= 0.6 is 0 Å². The highest BCUT2D eigenvalue weighted by atomic mass is 16.3. The van der Waals surface area contributed by atoms with E-state index in [0.29, 0.717) is 19.6 Å². The van der Waals surface area contributed by atoms with Gasteiger partial charge in [0.05, 0.1) is 0 Å². The second-order valence-corrected chi connectivity index (χ2v) is 7.31. The number of aliphatic hydroxyl groups is 1. The first-order valence-electron chi connectivity index (χ1n) is 9.16. The van der Waals surface area contributed by atoms with E-state index < -0.39 is 0 Å². The highest BCUT2D eigenvalue weighted by Crippen LogP contribution is 2.30. The summed E-state index contributed by atoms with van der Waals surface area (Å²) in [4.78, 5) is 16.5. The molecule has 0 aliphatic heterocycles. The third-order valence-corrected chi connectivity index (χ3v) is 4.44. The average molecular weight is 343 g/mol. The summed E-state index contributed by atoms with van der Waals surface area (Å²) in [7, 11) is 0. The molecular weight excluding hydrogens is 304 g/mol. The Labute approximate surface area is 147 Å². The van der Waals surface area contributed by atoms with Gasteiger partial charge in [-0.25, -0.2) is 0 Å². The molecule has 0 aromatic rings. The monoisotopic (exact) mass is 342 g/mol. The van der Waals surface area contributed by atoms with Crippen LogP contribution in [0.1, 0.15) is 60.8 Å². The van der Waals surface area contributed by atoms with Crippen molar-refractivity contribution in [2.75, 3.05) is 32.8 Å². The minimum absolute atomic E-state index is 0.0465. The van der Waals surface area contributed by atoms with Gasteiger partial charge < -0.3 is 21.1 Å². The molecule has 0 saturated heterocycles. The Morgan fingerprint density at radius 1 is 1.00 bits per heavy atom. The van der Waals surface area contributed by atoms with Gasteiger partial charge in [-0.3, -0.25) is 9.79 Å². The van der Waals surface area contributed by atoms with Gasteiger partial charge in [0.2, 0.25) is 5.91 Å². The summed E-state index contributed by atoms with van der Waals surface area (Å²) in [6.45, 7) is 14.9. The maximum absolute atomic E-state index is 11.8. The van der Waals surface area contributed by atoms with Crippen LogP contribution < -0.4 is 16.0 Å². The molecule has 6 heteroatoms. The molecule has 0 aliphatic carbocycles. The summed E-state index contributed by atoms with van der Waals surface area (Å²) in [5.41, 5.74) is -0.317. The first-order valence-corrected chi connectivity index (χ1v) is 9.16. The topological polar surface area (TPSA) is 85.8 Å². The van der Waals surface area contributed by atoms with Crippen LogP contribution in [0.3, 0.4) is 0 Å². The Balaban J connectivity index is 4.55. The number of guanidine groups is 1. The lowest BCUT2D eigenvalue weighted by Crippen LogP contribution is -2.44. The van der Waals surface area contributed by atoms with E-state index in [0.717, 1.165) is 31.8 Å². The van der Waals surface area contributed by atoms with Crippen molar-refractivity contribution in [1.29, 1.82) is 0 Å². The minimum atomic E-state index is -0.370. The van der Waals surface area contributed by atoms with Gasteiger partial charge in [-0.2, -0.15) is 0 Å². The molecule has 0 heterocycles. The molecule has 0 saturated carbocycles. The summed E-state index contributed by atoms with van der Waals surface area (Å²) in [6.07, 6.45) is 2.76. The fraction of sp³-hybridized carbons (Fsp3) is 0.889. The molecule has 0 rings (SSSR count). The first-order chi connectivity index (χ1) is 11.2. The molecule has 4 N–H and O–H groups in total. The van der Waals surface area contributed by atoms with Crippen molar-refractivity contribution >= 4 is 11.9 Å². The Kier molecular flexibility index (Phi) is 10.7. The molecule has 0 radical (unpaired) electrons. The van der Waals surface area contributed by atoms with Crippen molar-refractivity contribution in [2.45, 2.75) is 60.8 Å². The van der Waals surface area contributed by atoms with Crippen LogP contribution in [0.25, 0.3) is 0 Å².